The van der Waals surface area contributed by atoms with Gasteiger partial charge in [0.1, 0.15) is 0 Å². The second-order valence-electron chi connectivity index (χ2n) is 3.63. The van der Waals surface area contributed by atoms with Crippen molar-refractivity contribution in [3.63, 3.8) is 0 Å². The van der Waals surface area contributed by atoms with E-state index in [9.17, 15) is 4.79 Å². The molecule has 0 heterocycles. The number of amides is 2. The Balaban J connectivity index is 0.000000191. The molecule has 0 saturated heterocycles. The molecule has 100 valence electrons. The van der Waals surface area contributed by atoms with Gasteiger partial charge < -0.3 is 16.8 Å². The number of hydrogen-bond donors (Lipinski definition) is 3. The molecule has 0 aliphatic rings. The minimum Gasteiger partial charge on any atom is -0.399 e. The molecule has 2 amide bonds. The van der Waals surface area contributed by atoms with Crippen molar-refractivity contribution in [1.29, 1.82) is 0 Å². The van der Waals surface area contributed by atoms with E-state index in [0.717, 1.165) is 11.4 Å². The topological polar surface area (TPSA) is 81.1 Å². The maximum atomic E-state index is 10.3. The zero-order chi connectivity index (χ0) is 14.1. The number of rotatable bonds is 2. The maximum Gasteiger partial charge on any atom is 0.316 e. The van der Waals surface area contributed by atoms with Crippen LogP contribution in [0.25, 0.3) is 0 Å². The molecule has 4 nitrogen and oxygen atoms in total. The van der Waals surface area contributed by atoms with E-state index in [1.807, 2.05) is 48.7 Å². The number of hydrogen-bond acceptors (Lipinski definition) is 3. The Morgan fingerprint density at radius 2 is 1.79 bits per heavy atom. The second-order valence-corrected chi connectivity index (χ2v) is 4.51. The molecule has 0 radical (unpaired) electrons. The van der Waals surface area contributed by atoms with Crippen molar-refractivity contribution in [2.24, 2.45) is 5.73 Å². The van der Waals surface area contributed by atoms with Gasteiger partial charge in [-0.3, -0.25) is 0 Å². The lowest BCUT2D eigenvalue weighted by Gasteiger charge is -1.97. The molecule has 5 N–H and O–H groups in total. The van der Waals surface area contributed by atoms with Crippen LogP contribution in [0, 0.1) is 0 Å². The van der Waals surface area contributed by atoms with Gasteiger partial charge in [0.2, 0.25) is 0 Å². The molecule has 2 aromatic rings. The van der Waals surface area contributed by atoms with Gasteiger partial charge in [-0.2, -0.15) is 0 Å². The number of thioether (sulfide) groups is 1. The number of benzene rings is 2. The van der Waals surface area contributed by atoms with Crippen LogP contribution in [0.1, 0.15) is 0 Å². The Bertz CT molecular complexity index is 517. The Morgan fingerprint density at radius 1 is 1.11 bits per heavy atom. The highest BCUT2D eigenvalue weighted by Gasteiger charge is 1.90. The second kappa shape index (κ2) is 8.05. The summed E-state index contributed by atoms with van der Waals surface area (Å²) in [6.07, 6.45) is 2.04. The summed E-state index contributed by atoms with van der Waals surface area (Å²) in [5.74, 6) is 0. The van der Waals surface area contributed by atoms with E-state index in [4.69, 9.17) is 11.5 Å². The van der Waals surface area contributed by atoms with E-state index in [2.05, 4.69) is 5.32 Å². The van der Waals surface area contributed by atoms with Crippen LogP contribution >= 0.6 is 11.8 Å². The lowest BCUT2D eigenvalue weighted by molar-refractivity contribution is 0.259. The van der Waals surface area contributed by atoms with Gasteiger partial charge in [-0.1, -0.05) is 24.3 Å². The van der Waals surface area contributed by atoms with E-state index in [1.165, 1.54) is 4.90 Å². The molecular weight excluding hydrogens is 258 g/mol. The maximum absolute atomic E-state index is 10.3. The third kappa shape index (κ3) is 6.38. The van der Waals surface area contributed by atoms with Gasteiger partial charge in [-0.25, -0.2) is 4.79 Å². The van der Waals surface area contributed by atoms with Crippen molar-refractivity contribution in [3.8, 4) is 0 Å². The SMILES string of the molecule is CSc1cccc(N)c1.NC(=O)Nc1ccccc1. The Hall–Kier alpha value is -2.14. The Kier molecular flexibility index (Phi) is 6.32. The normalized spacial score (nSPS) is 9.11. The van der Waals surface area contributed by atoms with Crippen LogP contribution < -0.4 is 16.8 Å². The zero-order valence-corrected chi connectivity index (χ0v) is 11.5. The number of para-hydroxylation sites is 1. The van der Waals surface area contributed by atoms with E-state index in [0.29, 0.717) is 0 Å². The molecule has 0 aliphatic heterocycles. The predicted octanol–water partition coefficient (Wildman–Crippen LogP) is 3.17. The number of urea groups is 1. The molecular formula is C14H17N3OS. The van der Waals surface area contributed by atoms with Crippen LogP contribution in [0.15, 0.2) is 59.5 Å². The molecule has 0 atom stereocenters. The number of primary amides is 1. The summed E-state index contributed by atoms with van der Waals surface area (Å²) in [7, 11) is 0. The van der Waals surface area contributed by atoms with Crippen LogP contribution in [0.2, 0.25) is 0 Å². The van der Waals surface area contributed by atoms with Crippen LogP contribution in [0.3, 0.4) is 0 Å². The summed E-state index contributed by atoms with van der Waals surface area (Å²) in [5.41, 5.74) is 11.9. The predicted molar refractivity (Wildman–Crippen MR) is 82.3 cm³/mol. The summed E-state index contributed by atoms with van der Waals surface area (Å²) in [4.78, 5) is 11.5. The van der Waals surface area contributed by atoms with Crippen LogP contribution in [0.5, 0.6) is 0 Å². The molecule has 5 heteroatoms. The van der Waals surface area contributed by atoms with Crippen LogP contribution in [0.4, 0.5) is 16.2 Å². The fourth-order valence-corrected chi connectivity index (χ4v) is 1.77. The Labute approximate surface area is 117 Å². The smallest absolute Gasteiger partial charge is 0.316 e. The first kappa shape index (κ1) is 14.9. The summed E-state index contributed by atoms with van der Waals surface area (Å²) < 4.78 is 0. The number of carbonyl (C=O) groups is 1. The molecule has 0 spiro atoms. The lowest BCUT2D eigenvalue weighted by atomic mass is 10.3. The number of carbonyl (C=O) groups excluding carboxylic acids is 1. The standard InChI is InChI=1S/C7H8N2O.C7H9NS/c8-7(10)9-6-4-2-1-3-5-6;1-9-7-4-2-3-6(8)5-7/h1-5H,(H3,8,9,10);2-5H,8H2,1H3. The fraction of sp³-hybridized carbons (Fsp3) is 0.0714. The lowest BCUT2D eigenvalue weighted by Crippen LogP contribution is -2.18. The van der Waals surface area contributed by atoms with Crippen molar-refractivity contribution in [2.75, 3.05) is 17.3 Å². The highest BCUT2D eigenvalue weighted by Crippen LogP contribution is 2.16. The van der Waals surface area contributed by atoms with Crippen LogP contribution in [-0.4, -0.2) is 12.3 Å². The number of nitrogen functional groups attached to an aromatic ring is 1. The molecule has 0 bridgehead atoms. The molecule has 2 aromatic carbocycles. The molecule has 19 heavy (non-hydrogen) atoms. The monoisotopic (exact) mass is 275 g/mol. The van der Waals surface area contributed by atoms with Gasteiger partial charge >= 0.3 is 6.03 Å². The fourth-order valence-electron chi connectivity index (χ4n) is 1.31. The summed E-state index contributed by atoms with van der Waals surface area (Å²) >= 11 is 1.70. The molecule has 0 unspecified atom stereocenters. The minimum absolute atomic E-state index is 0.536. The first-order valence-electron chi connectivity index (χ1n) is 5.63. The van der Waals surface area contributed by atoms with Crippen molar-refractivity contribution in [1.82, 2.24) is 0 Å². The van der Waals surface area contributed by atoms with E-state index >= 15 is 0 Å². The highest BCUT2D eigenvalue weighted by atomic mass is 32.2. The van der Waals surface area contributed by atoms with Crippen molar-refractivity contribution >= 4 is 29.2 Å². The van der Waals surface area contributed by atoms with Crippen molar-refractivity contribution < 1.29 is 4.79 Å². The highest BCUT2D eigenvalue weighted by molar-refractivity contribution is 7.98. The third-order valence-electron chi connectivity index (χ3n) is 2.14. The van der Waals surface area contributed by atoms with E-state index < -0.39 is 6.03 Å². The van der Waals surface area contributed by atoms with Gasteiger partial charge in [0.15, 0.2) is 0 Å². The average Bonchev–Trinajstić information content (AvgIpc) is 2.40. The van der Waals surface area contributed by atoms with Crippen molar-refractivity contribution in [2.45, 2.75) is 4.90 Å². The molecule has 0 saturated carbocycles. The quantitative estimate of drug-likeness (QED) is 0.581. The van der Waals surface area contributed by atoms with Gasteiger partial charge in [0.05, 0.1) is 0 Å². The number of nitrogens with one attached hydrogen (secondary N) is 1. The van der Waals surface area contributed by atoms with Gasteiger partial charge in [-0.15, -0.1) is 11.8 Å². The van der Waals surface area contributed by atoms with E-state index in [1.54, 1.807) is 23.9 Å². The van der Waals surface area contributed by atoms with Gasteiger partial charge in [0, 0.05) is 16.3 Å². The minimum atomic E-state index is -0.536. The number of nitrogens with two attached hydrogens (primary N) is 2. The Morgan fingerprint density at radius 3 is 2.26 bits per heavy atom. The van der Waals surface area contributed by atoms with Gasteiger partial charge in [-0.05, 0) is 36.6 Å². The number of anilines is 2. The molecule has 2 rings (SSSR count). The first-order valence-corrected chi connectivity index (χ1v) is 6.85. The molecule has 0 aliphatic carbocycles. The van der Waals surface area contributed by atoms with Gasteiger partial charge in [0.25, 0.3) is 0 Å². The largest absolute Gasteiger partial charge is 0.399 e. The summed E-state index contributed by atoms with van der Waals surface area (Å²) in [6.45, 7) is 0. The zero-order valence-electron chi connectivity index (χ0n) is 10.7. The molecule has 0 aromatic heterocycles. The average molecular weight is 275 g/mol. The van der Waals surface area contributed by atoms with E-state index in [-0.39, 0.29) is 0 Å². The van der Waals surface area contributed by atoms with Crippen molar-refractivity contribution in [3.05, 3.63) is 54.6 Å². The third-order valence-corrected chi connectivity index (χ3v) is 2.86. The summed E-state index contributed by atoms with van der Waals surface area (Å²) in [5, 5.41) is 2.44. The summed E-state index contributed by atoms with van der Waals surface area (Å²) in [6, 6.07) is 16.4. The first-order chi connectivity index (χ1) is 9.11. The van der Waals surface area contributed by atoms with Crippen LogP contribution in [-0.2, 0) is 0 Å². The molecule has 0 fully saturated rings.